The molecular formula is C21H18N4O. The second-order valence-corrected chi connectivity index (χ2v) is 5.88. The van der Waals surface area contributed by atoms with Crippen LogP contribution in [0.1, 0.15) is 5.69 Å². The van der Waals surface area contributed by atoms with Gasteiger partial charge in [-0.05, 0) is 24.3 Å². The number of anilines is 1. The number of fused-ring (bicyclic) bond motifs is 1. The third-order valence-corrected chi connectivity index (χ3v) is 4.12. The zero-order chi connectivity index (χ0) is 17.8. The van der Waals surface area contributed by atoms with Gasteiger partial charge in [-0.15, -0.1) is 0 Å². The zero-order valence-corrected chi connectivity index (χ0v) is 14.1. The van der Waals surface area contributed by atoms with Crippen LogP contribution in [0.2, 0.25) is 0 Å². The molecule has 0 bridgehead atoms. The minimum absolute atomic E-state index is 0.249. The highest BCUT2D eigenvalue weighted by Crippen LogP contribution is 2.24. The van der Waals surface area contributed by atoms with Crippen molar-refractivity contribution in [2.24, 2.45) is 0 Å². The summed E-state index contributed by atoms with van der Waals surface area (Å²) in [6.07, 6.45) is 1.96. The van der Waals surface area contributed by atoms with E-state index in [1.54, 1.807) is 0 Å². The Morgan fingerprint density at radius 2 is 1.58 bits per heavy atom. The van der Waals surface area contributed by atoms with Crippen LogP contribution in [0.15, 0.2) is 85.1 Å². The van der Waals surface area contributed by atoms with E-state index in [-0.39, 0.29) is 6.03 Å². The Hall–Kier alpha value is -3.60. The second kappa shape index (κ2) is 7.11. The number of imidazole rings is 1. The molecule has 4 rings (SSSR count). The topological polar surface area (TPSA) is 58.4 Å². The van der Waals surface area contributed by atoms with Gasteiger partial charge >= 0.3 is 6.03 Å². The molecule has 0 saturated carbocycles. The first kappa shape index (κ1) is 15.9. The average Bonchev–Trinajstić information content (AvgIpc) is 3.06. The van der Waals surface area contributed by atoms with Crippen molar-refractivity contribution in [2.75, 3.05) is 5.32 Å². The fraction of sp³-hybridized carbons (Fsp3) is 0.0476. The van der Waals surface area contributed by atoms with Crippen LogP contribution in [0.3, 0.4) is 0 Å². The molecule has 5 heteroatoms. The highest BCUT2D eigenvalue weighted by atomic mass is 16.2. The van der Waals surface area contributed by atoms with E-state index in [2.05, 4.69) is 10.6 Å². The molecule has 2 aromatic heterocycles. The van der Waals surface area contributed by atoms with E-state index in [0.29, 0.717) is 6.54 Å². The van der Waals surface area contributed by atoms with E-state index in [0.717, 1.165) is 28.3 Å². The number of hydrogen-bond acceptors (Lipinski definition) is 2. The molecule has 0 spiro atoms. The van der Waals surface area contributed by atoms with Crippen molar-refractivity contribution >= 4 is 17.4 Å². The lowest BCUT2D eigenvalue weighted by Gasteiger charge is -2.09. The molecule has 0 atom stereocenters. The van der Waals surface area contributed by atoms with E-state index < -0.39 is 0 Å². The Kier molecular flexibility index (Phi) is 4.35. The minimum atomic E-state index is -0.249. The van der Waals surface area contributed by atoms with E-state index in [1.165, 1.54) is 0 Å². The first-order valence-corrected chi connectivity index (χ1v) is 8.42. The molecule has 5 nitrogen and oxygen atoms in total. The zero-order valence-electron chi connectivity index (χ0n) is 14.1. The fourth-order valence-electron chi connectivity index (χ4n) is 2.90. The van der Waals surface area contributed by atoms with Crippen LogP contribution >= 0.6 is 0 Å². The maximum Gasteiger partial charge on any atom is 0.319 e. The predicted octanol–water partition coefficient (Wildman–Crippen LogP) is 4.32. The van der Waals surface area contributed by atoms with Crippen LogP contribution in [0.4, 0.5) is 10.5 Å². The van der Waals surface area contributed by atoms with Gasteiger partial charge in [0.25, 0.3) is 0 Å². The summed E-state index contributed by atoms with van der Waals surface area (Å²) in [5.74, 6) is 0. The number of benzene rings is 2. The van der Waals surface area contributed by atoms with Gasteiger partial charge in [0.05, 0.1) is 17.9 Å². The van der Waals surface area contributed by atoms with Gasteiger partial charge in [0.2, 0.25) is 0 Å². The van der Waals surface area contributed by atoms with E-state index >= 15 is 0 Å². The molecule has 0 unspecified atom stereocenters. The molecule has 128 valence electrons. The Morgan fingerprint density at radius 3 is 2.35 bits per heavy atom. The number of nitrogens with zero attached hydrogens (tertiary/aromatic N) is 2. The SMILES string of the molecule is O=C(NCc1c(-c2ccccc2)nc2ccccn12)Nc1ccccc1. The van der Waals surface area contributed by atoms with Gasteiger partial charge in [0.1, 0.15) is 5.65 Å². The summed E-state index contributed by atoms with van der Waals surface area (Å²) in [7, 11) is 0. The van der Waals surface area contributed by atoms with Gasteiger partial charge in [-0.25, -0.2) is 9.78 Å². The average molecular weight is 342 g/mol. The van der Waals surface area contributed by atoms with Gasteiger partial charge in [-0.2, -0.15) is 0 Å². The van der Waals surface area contributed by atoms with Crippen LogP contribution in [0.5, 0.6) is 0 Å². The van der Waals surface area contributed by atoms with Crippen LogP contribution in [-0.2, 0) is 6.54 Å². The standard InChI is InChI=1S/C21H18N4O/c26-21(23-17-11-5-2-6-12-17)22-15-18-20(16-9-3-1-4-10-16)24-19-13-7-8-14-25(18)19/h1-14H,15H2,(H2,22,23,26). The number of pyridine rings is 1. The molecule has 2 amide bonds. The highest BCUT2D eigenvalue weighted by Gasteiger charge is 2.14. The Balaban J connectivity index is 1.60. The van der Waals surface area contributed by atoms with Crippen molar-refractivity contribution in [3.63, 3.8) is 0 Å². The van der Waals surface area contributed by atoms with Gasteiger partial charge in [0, 0.05) is 17.4 Å². The number of aromatic nitrogens is 2. The molecule has 0 aliphatic heterocycles. The van der Waals surface area contributed by atoms with Crippen molar-refractivity contribution in [3.05, 3.63) is 90.8 Å². The van der Waals surface area contributed by atoms with E-state index in [1.807, 2.05) is 89.5 Å². The summed E-state index contributed by atoms with van der Waals surface area (Å²) in [4.78, 5) is 17.0. The third-order valence-electron chi connectivity index (χ3n) is 4.12. The summed E-state index contributed by atoms with van der Waals surface area (Å²) in [6.45, 7) is 0.369. The van der Waals surface area contributed by atoms with Gasteiger partial charge in [0.15, 0.2) is 0 Å². The van der Waals surface area contributed by atoms with Gasteiger partial charge in [-0.1, -0.05) is 54.6 Å². The lowest BCUT2D eigenvalue weighted by atomic mass is 10.1. The number of carbonyl (C=O) groups excluding carboxylic acids is 1. The molecule has 0 aliphatic carbocycles. The number of nitrogens with one attached hydrogen (secondary N) is 2. The van der Waals surface area contributed by atoms with Crippen LogP contribution in [-0.4, -0.2) is 15.4 Å². The Morgan fingerprint density at radius 1 is 0.885 bits per heavy atom. The van der Waals surface area contributed by atoms with Crippen LogP contribution in [0, 0.1) is 0 Å². The molecule has 26 heavy (non-hydrogen) atoms. The van der Waals surface area contributed by atoms with Crippen molar-refractivity contribution in [2.45, 2.75) is 6.54 Å². The maximum atomic E-state index is 12.2. The molecular weight excluding hydrogens is 324 g/mol. The van der Waals surface area contributed by atoms with Gasteiger partial charge in [-0.3, -0.25) is 0 Å². The molecule has 2 N–H and O–H groups in total. The third kappa shape index (κ3) is 3.28. The van der Waals surface area contributed by atoms with Crippen LogP contribution < -0.4 is 10.6 Å². The largest absolute Gasteiger partial charge is 0.332 e. The lowest BCUT2D eigenvalue weighted by molar-refractivity contribution is 0.251. The maximum absolute atomic E-state index is 12.2. The molecule has 0 fully saturated rings. The summed E-state index contributed by atoms with van der Waals surface area (Å²) < 4.78 is 2.01. The summed E-state index contributed by atoms with van der Waals surface area (Å²) >= 11 is 0. The number of para-hydroxylation sites is 1. The quantitative estimate of drug-likeness (QED) is 0.580. The highest BCUT2D eigenvalue weighted by molar-refractivity contribution is 5.89. The smallest absolute Gasteiger partial charge is 0.319 e. The normalized spacial score (nSPS) is 10.6. The number of hydrogen-bond donors (Lipinski definition) is 2. The van der Waals surface area contributed by atoms with Crippen molar-refractivity contribution in [1.29, 1.82) is 0 Å². The minimum Gasteiger partial charge on any atom is -0.332 e. The Labute approximate surface area is 151 Å². The fourth-order valence-corrected chi connectivity index (χ4v) is 2.90. The molecule has 0 saturated heterocycles. The summed E-state index contributed by atoms with van der Waals surface area (Å²) in [5.41, 5.74) is 4.45. The predicted molar refractivity (Wildman–Crippen MR) is 103 cm³/mol. The number of urea groups is 1. The molecule has 2 heterocycles. The molecule has 0 aliphatic rings. The number of rotatable bonds is 4. The van der Waals surface area contributed by atoms with Crippen molar-refractivity contribution in [1.82, 2.24) is 14.7 Å². The monoisotopic (exact) mass is 342 g/mol. The Bertz CT molecular complexity index is 1030. The first-order valence-electron chi connectivity index (χ1n) is 8.42. The molecule has 0 radical (unpaired) electrons. The summed E-state index contributed by atoms with van der Waals surface area (Å²) in [5, 5.41) is 5.76. The van der Waals surface area contributed by atoms with Crippen LogP contribution in [0.25, 0.3) is 16.9 Å². The number of carbonyl (C=O) groups is 1. The number of amides is 2. The second-order valence-electron chi connectivity index (χ2n) is 5.88. The van der Waals surface area contributed by atoms with Gasteiger partial charge < -0.3 is 15.0 Å². The van der Waals surface area contributed by atoms with Crippen molar-refractivity contribution < 1.29 is 4.79 Å². The molecule has 2 aromatic carbocycles. The molecule has 4 aromatic rings. The van der Waals surface area contributed by atoms with Crippen molar-refractivity contribution in [3.8, 4) is 11.3 Å². The lowest BCUT2D eigenvalue weighted by Crippen LogP contribution is -2.28. The van der Waals surface area contributed by atoms with E-state index in [9.17, 15) is 4.79 Å². The first-order chi connectivity index (χ1) is 12.8. The van der Waals surface area contributed by atoms with E-state index in [4.69, 9.17) is 4.98 Å². The summed E-state index contributed by atoms with van der Waals surface area (Å²) in [6, 6.07) is 25.0.